The molecule has 0 unspecified atom stereocenters. The first kappa shape index (κ1) is 18.4. The number of carboxylic acids is 1. The first-order valence-corrected chi connectivity index (χ1v) is 9.59. The van der Waals surface area contributed by atoms with Gasteiger partial charge in [0.25, 0.3) is 0 Å². The summed E-state index contributed by atoms with van der Waals surface area (Å²) in [6, 6.07) is 8.18. The van der Waals surface area contributed by atoms with Gasteiger partial charge in [-0.1, -0.05) is 6.07 Å². The minimum atomic E-state index is -0.890. The molecule has 1 aliphatic rings. The van der Waals surface area contributed by atoms with Crippen molar-refractivity contribution in [2.45, 2.75) is 50.6 Å². The van der Waals surface area contributed by atoms with Crippen molar-refractivity contribution in [2.24, 2.45) is 0 Å². The summed E-state index contributed by atoms with van der Waals surface area (Å²) in [6.45, 7) is 0.457. The number of carboxylic acid groups (broad SMARTS) is 1. The van der Waals surface area contributed by atoms with Crippen LogP contribution < -0.4 is 10.6 Å². The second kappa shape index (κ2) is 7.86. The minimum absolute atomic E-state index is 0.0114. The SMILES string of the molecule is O=C(O)CC[C@]1(CCC(=O)NCc2ccc3sccc3c2)CCC(=O)N1. The Hall–Kier alpha value is -2.41. The molecule has 1 fully saturated rings. The second-order valence-corrected chi connectivity index (χ2v) is 7.74. The number of benzene rings is 1. The molecule has 138 valence electrons. The maximum atomic E-state index is 12.2. The molecule has 7 heteroatoms. The minimum Gasteiger partial charge on any atom is -0.481 e. The first-order valence-electron chi connectivity index (χ1n) is 8.71. The maximum Gasteiger partial charge on any atom is 0.303 e. The predicted octanol–water partition coefficient (Wildman–Crippen LogP) is 2.81. The van der Waals surface area contributed by atoms with Crippen molar-refractivity contribution in [3.05, 3.63) is 35.2 Å². The summed E-state index contributed by atoms with van der Waals surface area (Å²) in [7, 11) is 0. The van der Waals surface area contributed by atoms with Crippen LogP contribution in [0.25, 0.3) is 10.1 Å². The second-order valence-electron chi connectivity index (χ2n) is 6.79. The van der Waals surface area contributed by atoms with Crippen LogP contribution in [-0.2, 0) is 20.9 Å². The largest absolute Gasteiger partial charge is 0.481 e. The molecular formula is C19H22N2O4S. The zero-order chi connectivity index (χ0) is 18.6. The summed E-state index contributed by atoms with van der Waals surface area (Å²) < 4.78 is 1.22. The van der Waals surface area contributed by atoms with Crippen LogP contribution in [0.2, 0.25) is 0 Å². The molecular weight excluding hydrogens is 352 g/mol. The molecule has 1 aromatic carbocycles. The van der Waals surface area contributed by atoms with Gasteiger partial charge in [0.1, 0.15) is 0 Å². The molecule has 0 radical (unpaired) electrons. The Morgan fingerprint density at radius 1 is 1.23 bits per heavy atom. The van der Waals surface area contributed by atoms with Crippen LogP contribution in [0.1, 0.15) is 44.1 Å². The highest BCUT2D eigenvalue weighted by Gasteiger charge is 2.37. The van der Waals surface area contributed by atoms with E-state index >= 15 is 0 Å². The average molecular weight is 374 g/mol. The Morgan fingerprint density at radius 2 is 2.04 bits per heavy atom. The predicted molar refractivity (Wildman–Crippen MR) is 99.9 cm³/mol. The average Bonchev–Trinajstić information content (AvgIpc) is 3.23. The van der Waals surface area contributed by atoms with Crippen LogP contribution in [0, 0.1) is 0 Å². The summed E-state index contributed by atoms with van der Waals surface area (Å²) in [6.07, 6.45) is 2.05. The van der Waals surface area contributed by atoms with Gasteiger partial charge in [-0.05, 0) is 53.8 Å². The molecule has 1 atom stereocenters. The summed E-state index contributed by atoms with van der Waals surface area (Å²) >= 11 is 1.69. The molecule has 2 heterocycles. The number of carbonyl (C=O) groups excluding carboxylic acids is 2. The van der Waals surface area contributed by atoms with Gasteiger partial charge in [-0.2, -0.15) is 0 Å². The third-order valence-corrected chi connectivity index (χ3v) is 5.79. The van der Waals surface area contributed by atoms with Crippen molar-refractivity contribution in [3.8, 4) is 0 Å². The number of carbonyl (C=O) groups is 3. The van der Waals surface area contributed by atoms with Gasteiger partial charge < -0.3 is 15.7 Å². The zero-order valence-corrected chi connectivity index (χ0v) is 15.2. The van der Waals surface area contributed by atoms with E-state index in [4.69, 9.17) is 5.11 Å². The smallest absolute Gasteiger partial charge is 0.303 e. The molecule has 3 N–H and O–H groups in total. The van der Waals surface area contributed by atoms with Gasteiger partial charge in [0.05, 0.1) is 0 Å². The molecule has 1 aromatic heterocycles. The van der Waals surface area contributed by atoms with Crippen molar-refractivity contribution in [1.82, 2.24) is 10.6 Å². The van der Waals surface area contributed by atoms with Crippen LogP contribution in [-0.4, -0.2) is 28.4 Å². The van der Waals surface area contributed by atoms with E-state index in [-0.39, 0.29) is 24.7 Å². The third-order valence-electron chi connectivity index (χ3n) is 4.89. The fourth-order valence-electron chi connectivity index (χ4n) is 3.39. The lowest BCUT2D eigenvalue weighted by Gasteiger charge is -2.28. The molecule has 0 aliphatic carbocycles. The molecule has 2 aromatic rings. The summed E-state index contributed by atoms with van der Waals surface area (Å²) in [5, 5.41) is 17.9. The number of hydrogen-bond donors (Lipinski definition) is 3. The number of rotatable bonds is 8. The van der Waals surface area contributed by atoms with Crippen molar-refractivity contribution in [1.29, 1.82) is 0 Å². The Kier molecular flexibility index (Phi) is 5.56. The lowest BCUT2D eigenvalue weighted by molar-refractivity contribution is -0.137. The lowest BCUT2D eigenvalue weighted by Crippen LogP contribution is -2.43. The van der Waals surface area contributed by atoms with E-state index in [2.05, 4.69) is 28.8 Å². The molecule has 0 saturated carbocycles. The molecule has 2 amide bonds. The number of aliphatic carboxylic acids is 1. The molecule has 26 heavy (non-hydrogen) atoms. The summed E-state index contributed by atoms with van der Waals surface area (Å²) in [5.41, 5.74) is 0.474. The normalized spacial score (nSPS) is 19.5. The Labute approximate surface area is 155 Å². The van der Waals surface area contributed by atoms with Crippen molar-refractivity contribution in [2.75, 3.05) is 0 Å². The van der Waals surface area contributed by atoms with E-state index in [0.29, 0.717) is 32.2 Å². The van der Waals surface area contributed by atoms with Crippen LogP contribution in [0.3, 0.4) is 0 Å². The van der Waals surface area contributed by atoms with E-state index in [1.54, 1.807) is 11.3 Å². The summed E-state index contributed by atoms with van der Waals surface area (Å²) in [5.74, 6) is -1.05. The highest BCUT2D eigenvalue weighted by atomic mass is 32.1. The van der Waals surface area contributed by atoms with E-state index in [1.807, 2.05) is 11.4 Å². The molecule has 6 nitrogen and oxygen atoms in total. The number of thiophene rings is 1. The van der Waals surface area contributed by atoms with Crippen LogP contribution >= 0.6 is 11.3 Å². The summed E-state index contributed by atoms with van der Waals surface area (Å²) in [4.78, 5) is 34.7. The highest BCUT2D eigenvalue weighted by molar-refractivity contribution is 7.17. The van der Waals surface area contributed by atoms with Gasteiger partial charge in [0.15, 0.2) is 0 Å². The molecule has 1 aliphatic heterocycles. The molecule has 1 saturated heterocycles. The van der Waals surface area contributed by atoms with Gasteiger partial charge in [0.2, 0.25) is 11.8 Å². The van der Waals surface area contributed by atoms with Crippen molar-refractivity contribution < 1.29 is 19.5 Å². The number of amides is 2. The monoisotopic (exact) mass is 374 g/mol. The number of nitrogens with one attached hydrogen (secondary N) is 2. The number of fused-ring (bicyclic) bond motifs is 1. The van der Waals surface area contributed by atoms with Crippen LogP contribution in [0.5, 0.6) is 0 Å². The third kappa shape index (κ3) is 4.60. The van der Waals surface area contributed by atoms with E-state index in [1.165, 1.54) is 10.1 Å². The molecule has 3 rings (SSSR count). The fraction of sp³-hybridized carbons (Fsp3) is 0.421. The Bertz CT molecular complexity index is 832. The lowest BCUT2D eigenvalue weighted by atomic mass is 9.86. The standard InChI is InChI=1S/C19H22N2O4S/c22-16(20-12-13-1-2-15-14(11-13)6-10-26-15)3-7-19(9-5-18(24)25)8-4-17(23)21-19/h1-2,6,10-11H,3-5,7-9,12H2,(H,20,22)(H,21,23)(H,24,25)/t19-/m0/s1. The Morgan fingerprint density at radius 3 is 2.77 bits per heavy atom. The van der Waals surface area contributed by atoms with Gasteiger partial charge in [-0.3, -0.25) is 14.4 Å². The van der Waals surface area contributed by atoms with Crippen LogP contribution in [0.4, 0.5) is 0 Å². The van der Waals surface area contributed by atoms with E-state index in [9.17, 15) is 14.4 Å². The first-order chi connectivity index (χ1) is 12.5. The molecule has 0 spiro atoms. The number of hydrogen-bond acceptors (Lipinski definition) is 4. The van der Waals surface area contributed by atoms with E-state index < -0.39 is 11.5 Å². The van der Waals surface area contributed by atoms with E-state index in [0.717, 1.165) is 5.56 Å². The van der Waals surface area contributed by atoms with Gasteiger partial charge >= 0.3 is 5.97 Å². The van der Waals surface area contributed by atoms with Gasteiger partial charge in [-0.15, -0.1) is 11.3 Å². The fourth-order valence-corrected chi connectivity index (χ4v) is 4.16. The topological polar surface area (TPSA) is 95.5 Å². The van der Waals surface area contributed by atoms with Crippen molar-refractivity contribution in [3.63, 3.8) is 0 Å². The van der Waals surface area contributed by atoms with Crippen LogP contribution in [0.15, 0.2) is 29.6 Å². The maximum absolute atomic E-state index is 12.2. The van der Waals surface area contributed by atoms with Gasteiger partial charge in [0, 0.05) is 36.0 Å². The Balaban J connectivity index is 1.51. The van der Waals surface area contributed by atoms with Crippen molar-refractivity contribution >= 4 is 39.2 Å². The molecule has 0 bridgehead atoms. The zero-order valence-electron chi connectivity index (χ0n) is 14.4. The quantitative estimate of drug-likeness (QED) is 0.662. The van der Waals surface area contributed by atoms with Gasteiger partial charge in [-0.25, -0.2) is 0 Å². The highest BCUT2D eigenvalue weighted by Crippen LogP contribution is 2.30.